The quantitative estimate of drug-likeness (QED) is 0.414. The molecular weight excluding hydrogens is 353 g/mol. The third-order valence-electron chi connectivity index (χ3n) is 3.83. The van der Waals surface area contributed by atoms with Crippen molar-refractivity contribution in [3.05, 3.63) is 59.7 Å². The second-order valence-corrected chi connectivity index (χ2v) is 8.08. The van der Waals surface area contributed by atoms with Gasteiger partial charge in [-0.05, 0) is 43.5 Å². The molecule has 0 spiro atoms. The maximum absolute atomic E-state index is 13.4. The first-order valence-corrected chi connectivity index (χ1v) is 10.1. The lowest BCUT2D eigenvalue weighted by Gasteiger charge is -2.22. The van der Waals surface area contributed by atoms with Crippen LogP contribution in [0.2, 0.25) is 0 Å². The van der Waals surface area contributed by atoms with Gasteiger partial charge in [0.05, 0.1) is 6.16 Å². The minimum atomic E-state index is -3.55. The van der Waals surface area contributed by atoms with Gasteiger partial charge in [-0.15, -0.1) is 0 Å². The molecule has 6 nitrogen and oxygen atoms in total. The van der Waals surface area contributed by atoms with E-state index >= 15 is 0 Å². The summed E-state index contributed by atoms with van der Waals surface area (Å²) >= 11 is 0. The average Bonchev–Trinajstić information content (AvgIpc) is 2.59. The van der Waals surface area contributed by atoms with Crippen LogP contribution in [0.1, 0.15) is 24.5 Å². The van der Waals surface area contributed by atoms with Crippen LogP contribution in [0.15, 0.2) is 48.5 Å². The number of rotatable bonds is 8. The van der Waals surface area contributed by atoms with Crippen molar-refractivity contribution in [3.63, 3.8) is 0 Å². The number of nitrogens with zero attached hydrogens (tertiary/aromatic N) is 1. The summed E-state index contributed by atoms with van der Waals surface area (Å²) in [5, 5.41) is 10.1. The van der Waals surface area contributed by atoms with Crippen molar-refractivity contribution in [3.8, 4) is 11.5 Å². The molecule has 2 aromatic carbocycles. The minimum Gasteiger partial charge on any atom is -0.416 e. The Bertz CT molecular complexity index is 757. The van der Waals surface area contributed by atoms with Crippen LogP contribution in [0, 0.1) is 13.8 Å². The highest BCUT2D eigenvalue weighted by atomic mass is 31.2. The maximum atomic E-state index is 13.4. The number of carbonyl (C=O) groups is 1. The van der Waals surface area contributed by atoms with Gasteiger partial charge < -0.3 is 9.05 Å². The molecule has 2 rings (SSSR count). The highest BCUT2D eigenvalue weighted by molar-refractivity contribution is 7.54. The highest BCUT2D eigenvalue weighted by Crippen LogP contribution is 2.50. The Balaban J connectivity index is 2.19. The van der Waals surface area contributed by atoms with E-state index in [9.17, 15) is 14.6 Å². The van der Waals surface area contributed by atoms with Gasteiger partial charge in [0, 0.05) is 13.5 Å². The molecule has 0 atom stereocenters. The molecule has 1 amide bonds. The number of carbonyl (C=O) groups excluding carboxylic acids is 1. The average molecular weight is 377 g/mol. The maximum Gasteiger partial charge on any atom is 0.430 e. The predicted molar refractivity (Wildman–Crippen MR) is 99.9 cm³/mol. The molecule has 0 radical (unpaired) electrons. The standard InChI is InChI=1S/C19H24NO5P/c1-15-9-4-6-11-18(15)24-26(23,14-8-13-20(22)17(3)21)25-19-12-7-5-10-16(19)2/h4-7,9-12,22H,8,13-14H2,1-3H3. The largest absolute Gasteiger partial charge is 0.430 e. The summed E-state index contributed by atoms with van der Waals surface area (Å²) in [6.07, 6.45) is 0.325. The first kappa shape index (κ1) is 20.0. The fraction of sp³-hybridized carbons (Fsp3) is 0.316. The van der Waals surface area contributed by atoms with Crippen molar-refractivity contribution in [2.24, 2.45) is 0 Å². The number of hydroxylamine groups is 2. The van der Waals surface area contributed by atoms with Gasteiger partial charge in [0.2, 0.25) is 5.91 Å². The molecule has 0 unspecified atom stereocenters. The lowest BCUT2D eigenvalue weighted by molar-refractivity contribution is -0.162. The molecule has 1 N–H and O–H groups in total. The molecule has 0 heterocycles. The fourth-order valence-corrected chi connectivity index (χ4v) is 4.06. The SMILES string of the molecule is CC(=O)N(O)CCCP(=O)(Oc1ccccc1C)Oc1ccccc1C. The number of para-hydroxylation sites is 2. The van der Waals surface area contributed by atoms with Gasteiger partial charge in [0.25, 0.3) is 0 Å². The first-order valence-electron chi connectivity index (χ1n) is 8.37. The Morgan fingerprint density at radius 3 is 1.88 bits per heavy atom. The molecule has 0 aromatic heterocycles. The molecular formula is C19H24NO5P. The zero-order valence-electron chi connectivity index (χ0n) is 15.2. The number of hydrogen-bond acceptors (Lipinski definition) is 5. The molecule has 7 heteroatoms. The minimum absolute atomic E-state index is 0.0492. The Morgan fingerprint density at radius 1 is 1.00 bits per heavy atom. The van der Waals surface area contributed by atoms with Crippen molar-refractivity contribution in [1.82, 2.24) is 5.06 Å². The molecule has 0 aliphatic heterocycles. The van der Waals surface area contributed by atoms with E-state index in [2.05, 4.69) is 0 Å². The molecule has 0 saturated heterocycles. The Kier molecular flexibility index (Phi) is 6.83. The third kappa shape index (κ3) is 5.61. The van der Waals surface area contributed by atoms with E-state index in [4.69, 9.17) is 9.05 Å². The predicted octanol–water partition coefficient (Wildman–Crippen LogP) is 4.58. The zero-order valence-corrected chi connectivity index (χ0v) is 16.1. The zero-order chi connectivity index (χ0) is 19.2. The van der Waals surface area contributed by atoms with E-state index in [1.807, 2.05) is 38.1 Å². The van der Waals surface area contributed by atoms with Gasteiger partial charge in [-0.25, -0.2) is 9.63 Å². The summed E-state index contributed by atoms with van der Waals surface area (Å²) in [6, 6.07) is 14.5. The summed E-state index contributed by atoms with van der Waals surface area (Å²) < 4.78 is 24.9. The van der Waals surface area contributed by atoms with E-state index < -0.39 is 13.5 Å². The normalized spacial score (nSPS) is 11.1. The fourth-order valence-electron chi connectivity index (χ4n) is 2.30. The Morgan fingerprint density at radius 2 is 1.46 bits per heavy atom. The van der Waals surface area contributed by atoms with Crippen molar-refractivity contribution >= 4 is 13.5 Å². The van der Waals surface area contributed by atoms with Gasteiger partial charge in [-0.3, -0.25) is 10.0 Å². The lowest BCUT2D eigenvalue weighted by atomic mass is 10.2. The molecule has 26 heavy (non-hydrogen) atoms. The van der Waals surface area contributed by atoms with Crippen LogP contribution in [0.5, 0.6) is 11.5 Å². The molecule has 0 aliphatic carbocycles. The number of benzene rings is 2. The smallest absolute Gasteiger partial charge is 0.416 e. The second-order valence-electron chi connectivity index (χ2n) is 6.04. The van der Waals surface area contributed by atoms with Crippen LogP contribution in [-0.2, 0) is 9.36 Å². The van der Waals surface area contributed by atoms with E-state index in [0.29, 0.717) is 16.6 Å². The van der Waals surface area contributed by atoms with Crippen LogP contribution in [0.25, 0.3) is 0 Å². The van der Waals surface area contributed by atoms with E-state index in [0.717, 1.165) is 11.1 Å². The summed E-state index contributed by atoms with van der Waals surface area (Å²) in [5.74, 6) is 0.494. The monoisotopic (exact) mass is 377 g/mol. The van der Waals surface area contributed by atoms with E-state index in [1.54, 1.807) is 24.3 Å². The number of amides is 1. The van der Waals surface area contributed by atoms with Crippen LogP contribution >= 0.6 is 7.60 Å². The van der Waals surface area contributed by atoms with Crippen molar-refractivity contribution in [1.29, 1.82) is 0 Å². The molecule has 0 fully saturated rings. The number of aryl methyl sites for hydroxylation is 2. The summed E-state index contributed by atoms with van der Waals surface area (Å²) in [7, 11) is -3.55. The topological polar surface area (TPSA) is 76.1 Å². The summed E-state index contributed by atoms with van der Waals surface area (Å²) in [4.78, 5) is 11.1. The van der Waals surface area contributed by atoms with Crippen molar-refractivity contribution in [2.75, 3.05) is 12.7 Å². The van der Waals surface area contributed by atoms with E-state index in [1.165, 1.54) is 6.92 Å². The van der Waals surface area contributed by atoms with Gasteiger partial charge in [0.15, 0.2) is 0 Å². The second kappa shape index (κ2) is 8.88. The Hall–Kier alpha value is -2.30. The van der Waals surface area contributed by atoms with Gasteiger partial charge >= 0.3 is 7.60 Å². The van der Waals surface area contributed by atoms with Crippen LogP contribution in [0.3, 0.4) is 0 Å². The van der Waals surface area contributed by atoms with E-state index in [-0.39, 0.29) is 19.1 Å². The van der Waals surface area contributed by atoms with Crippen molar-refractivity contribution in [2.45, 2.75) is 27.2 Å². The molecule has 0 bridgehead atoms. The van der Waals surface area contributed by atoms with Gasteiger partial charge in [-0.1, -0.05) is 36.4 Å². The highest BCUT2D eigenvalue weighted by Gasteiger charge is 2.29. The first-order chi connectivity index (χ1) is 12.3. The summed E-state index contributed by atoms with van der Waals surface area (Å²) in [5.41, 5.74) is 1.68. The molecule has 140 valence electrons. The van der Waals surface area contributed by atoms with Crippen molar-refractivity contribution < 1.29 is 23.6 Å². The lowest BCUT2D eigenvalue weighted by Crippen LogP contribution is -2.26. The number of hydrogen-bond donors (Lipinski definition) is 1. The van der Waals surface area contributed by atoms with Crippen LogP contribution in [0.4, 0.5) is 0 Å². The molecule has 0 saturated carbocycles. The molecule has 2 aromatic rings. The van der Waals surface area contributed by atoms with Gasteiger partial charge in [0.1, 0.15) is 11.5 Å². The van der Waals surface area contributed by atoms with Gasteiger partial charge in [-0.2, -0.15) is 0 Å². The summed E-state index contributed by atoms with van der Waals surface area (Å²) in [6.45, 7) is 5.03. The Labute approximate surface area is 153 Å². The van der Waals surface area contributed by atoms with Crippen LogP contribution in [-0.4, -0.2) is 28.9 Å². The molecule has 0 aliphatic rings. The van der Waals surface area contributed by atoms with Crippen LogP contribution < -0.4 is 9.05 Å². The third-order valence-corrected chi connectivity index (χ3v) is 5.64.